The number of hydrogen-bond donors (Lipinski definition) is 2. The first-order valence-corrected chi connectivity index (χ1v) is 5.15. The van der Waals surface area contributed by atoms with Crippen LogP contribution < -0.4 is 11.1 Å². The van der Waals surface area contributed by atoms with Gasteiger partial charge in [-0.25, -0.2) is 0 Å². The summed E-state index contributed by atoms with van der Waals surface area (Å²) in [4.78, 5) is 11.3. The predicted molar refractivity (Wildman–Crippen MR) is 60.6 cm³/mol. The zero-order chi connectivity index (χ0) is 12.1. The average molecular weight is 226 g/mol. The van der Waals surface area contributed by atoms with Gasteiger partial charge in [0.2, 0.25) is 5.91 Å². The van der Waals surface area contributed by atoms with Crippen LogP contribution in [0.3, 0.4) is 0 Å². The smallest absolute Gasteiger partial charge is 0.246 e. The number of rotatable bonds is 5. The van der Waals surface area contributed by atoms with Crippen molar-refractivity contribution in [3.05, 3.63) is 11.8 Å². The van der Waals surface area contributed by atoms with Crippen molar-refractivity contribution in [3.63, 3.8) is 0 Å². The first kappa shape index (κ1) is 12.5. The number of carbonyl (C=O) groups excluding carboxylic acids is 1. The number of aryl methyl sites for hydroxylation is 1. The lowest BCUT2D eigenvalue weighted by Crippen LogP contribution is -2.28. The van der Waals surface area contributed by atoms with E-state index in [4.69, 9.17) is 10.5 Å². The van der Waals surface area contributed by atoms with Gasteiger partial charge in [-0.2, -0.15) is 5.10 Å². The summed E-state index contributed by atoms with van der Waals surface area (Å²) >= 11 is 0. The molecular formula is C10H18N4O2. The van der Waals surface area contributed by atoms with Gasteiger partial charge >= 0.3 is 0 Å². The van der Waals surface area contributed by atoms with E-state index in [1.807, 2.05) is 13.8 Å². The van der Waals surface area contributed by atoms with Crippen molar-refractivity contribution < 1.29 is 9.53 Å². The molecule has 1 aromatic rings. The minimum atomic E-state index is -0.156. The van der Waals surface area contributed by atoms with Crippen LogP contribution >= 0.6 is 0 Å². The highest BCUT2D eigenvalue weighted by molar-refractivity contribution is 5.77. The number of hydrogen-bond acceptors (Lipinski definition) is 4. The third-order valence-electron chi connectivity index (χ3n) is 2.09. The van der Waals surface area contributed by atoms with E-state index in [0.29, 0.717) is 12.4 Å². The highest BCUT2D eigenvalue weighted by Gasteiger charge is 2.07. The molecule has 90 valence electrons. The molecule has 0 saturated heterocycles. The van der Waals surface area contributed by atoms with E-state index in [0.717, 1.165) is 5.56 Å². The Bertz CT molecular complexity index is 360. The zero-order valence-corrected chi connectivity index (χ0v) is 9.86. The van der Waals surface area contributed by atoms with Crippen LogP contribution in [-0.2, 0) is 23.1 Å². The van der Waals surface area contributed by atoms with Crippen LogP contribution in [0.25, 0.3) is 0 Å². The first-order chi connectivity index (χ1) is 7.50. The second kappa shape index (κ2) is 5.50. The molecule has 0 spiro atoms. The molecule has 0 fully saturated rings. The molecule has 0 aliphatic rings. The molecule has 1 rings (SSSR count). The van der Waals surface area contributed by atoms with E-state index < -0.39 is 0 Å². The number of nitrogens with one attached hydrogen (secondary N) is 1. The number of nitrogen functional groups attached to an aromatic ring is 1. The van der Waals surface area contributed by atoms with Gasteiger partial charge in [-0.1, -0.05) is 0 Å². The molecule has 0 aromatic carbocycles. The van der Waals surface area contributed by atoms with Gasteiger partial charge in [0.25, 0.3) is 0 Å². The Morgan fingerprint density at radius 3 is 2.88 bits per heavy atom. The lowest BCUT2D eigenvalue weighted by Gasteiger charge is -2.08. The fourth-order valence-corrected chi connectivity index (χ4v) is 1.12. The SMILES string of the molecule is CC(C)OCC(=O)NCc1cnn(C)c1N. The van der Waals surface area contributed by atoms with Crippen LogP contribution in [0.2, 0.25) is 0 Å². The minimum absolute atomic E-state index is 0.0502. The van der Waals surface area contributed by atoms with Crippen LogP contribution in [-0.4, -0.2) is 28.4 Å². The Hall–Kier alpha value is -1.56. The fourth-order valence-electron chi connectivity index (χ4n) is 1.12. The Morgan fingerprint density at radius 1 is 1.69 bits per heavy atom. The normalized spacial score (nSPS) is 10.8. The number of nitrogens with two attached hydrogens (primary N) is 1. The Balaban J connectivity index is 2.34. The van der Waals surface area contributed by atoms with E-state index in [9.17, 15) is 4.79 Å². The van der Waals surface area contributed by atoms with Gasteiger partial charge in [-0.3, -0.25) is 9.48 Å². The van der Waals surface area contributed by atoms with E-state index in [1.54, 1.807) is 17.9 Å². The van der Waals surface area contributed by atoms with Gasteiger partial charge in [0, 0.05) is 19.2 Å². The lowest BCUT2D eigenvalue weighted by molar-refractivity contribution is -0.127. The number of ether oxygens (including phenoxy) is 1. The zero-order valence-electron chi connectivity index (χ0n) is 9.86. The van der Waals surface area contributed by atoms with E-state index in [1.165, 1.54) is 0 Å². The molecule has 0 aliphatic heterocycles. The van der Waals surface area contributed by atoms with E-state index in [2.05, 4.69) is 10.4 Å². The molecule has 0 saturated carbocycles. The summed E-state index contributed by atoms with van der Waals surface area (Å²) in [6.07, 6.45) is 1.69. The molecule has 3 N–H and O–H groups in total. The molecule has 0 atom stereocenters. The quantitative estimate of drug-likeness (QED) is 0.743. The highest BCUT2D eigenvalue weighted by Crippen LogP contribution is 2.07. The number of nitrogens with zero attached hydrogens (tertiary/aromatic N) is 2. The maximum atomic E-state index is 11.3. The molecule has 0 radical (unpaired) electrons. The van der Waals surface area contributed by atoms with Gasteiger partial charge in [-0.15, -0.1) is 0 Å². The highest BCUT2D eigenvalue weighted by atomic mass is 16.5. The summed E-state index contributed by atoms with van der Waals surface area (Å²) in [5.74, 6) is 0.405. The van der Waals surface area contributed by atoms with E-state index >= 15 is 0 Å². The van der Waals surface area contributed by atoms with Gasteiger partial charge in [0.1, 0.15) is 12.4 Å². The van der Waals surface area contributed by atoms with Crippen molar-refractivity contribution in [1.82, 2.24) is 15.1 Å². The van der Waals surface area contributed by atoms with Crippen LogP contribution in [0.4, 0.5) is 5.82 Å². The van der Waals surface area contributed by atoms with Gasteiger partial charge in [-0.05, 0) is 13.8 Å². The third kappa shape index (κ3) is 3.54. The van der Waals surface area contributed by atoms with Crippen molar-refractivity contribution in [2.45, 2.75) is 26.5 Å². The maximum Gasteiger partial charge on any atom is 0.246 e. The third-order valence-corrected chi connectivity index (χ3v) is 2.09. The summed E-state index contributed by atoms with van der Waals surface area (Å²) in [6.45, 7) is 4.20. The standard InChI is InChI=1S/C10H18N4O2/c1-7(2)16-6-9(15)12-4-8-5-13-14(3)10(8)11/h5,7H,4,6,11H2,1-3H3,(H,12,15). The van der Waals surface area contributed by atoms with Crippen LogP contribution in [0.15, 0.2) is 6.20 Å². The Kier molecular flexibility index (Phi) is 4.30. The average Bonchev–Trinajstić information content (AvgIpc) is 2.54. The largest absolute Gasteiger partial charge is 0.384 e. The molecular weight excluding hydrogens is 208 g/mol. The van der Waals surface area contributed by atoms with E-state index in [-0.39, 0.29) is 18.6 Å². The molecule has 1 amide bonds. The molecule has 0 aliphatic carbocycles. The molecule has 6 nitrogen and oxygen atoms in total. The molecule has 1 aromatic heterocycles. The molecule has 0 unspecified atom stereocenters. The minimum Gasteiger partial charge on any atom is -0.384 e. The summed E-state index contributed by atoms with van der Waals surface area (Å²) in [5.41, 5.74) is 6.53. The van der Waals surface area contributed by atoms with Crippen LogP contribution in [0.5, 0.6) is 0 Å². The van der Waals surface area contributed by atoms with Gasteiger partial charge < -0.3 is 15.8 Å². The van der Waals surface area contributed by atoms with Gasteiger partial charge in [0.05, 0.1) is 12.3 Å². The van der Waals surface area contributed by atoms with Crippen LogP contribution in [0, 0.1) is 0 Å². The topological polar surface area (TPSA) is 82.2 Å². The molecule has 16 heavy (non-hydrogen) atoms. The monoisotopic (exact) mass is 226 g/mol. The van der Waals surface area contributed by atoms with Crippen molar-refractivity contribution in [2.75, 3.05) is 12.3 Å². The Labute approximate surface area is 94.8 Å². The van der Waals surface area contributed by atoms with Crippen molar-refractivity contribution in [2.24, 2.45) is 7.05 Å². The fraction of sp³-hybridized carbons (Fsp3) is 0.600. The molecule has 1 heterocycles. The van der Waals surface area contributed by atoms with Crippen LogP contribution in [0.1, 0.15) is 19.4 Å². The summed E-state index contributed by atoms with van der Waals surface area (Å²) < 4.78 is 6.72. The predicted octanol–water partition coefficient (Wildman–Crippen LogP) is 0.0435. The maximum absolute atomic E-state index is 11.3. The second-order valence-corrected chi connectivity index (χ2v) is 3.82. The summed E-state index contributed by atoms with van der Waals surface area (Å²) in [7, 11) is 1.75. The number of anilines is 1. The lowest BCUT2D eigenvalue weighted by atomic mass is 10.3. The Morgan fingerprint density at radius 2 is 2.38 bits per heavy atom. The summed E-state index contributed by atoms with van der Waals surface area (Å²) in [5, 5.41) is 6.69. The van der Waals surface area contributed by atoms with Crippen molar-refractivity contribution >= 4 is 11.7 Å². The van der Waals surface area contributed by atoms with Crippen molar-refractivity contribution in [3.8, 4) is 0 Å². The molecule has 6 heteroatoms. The first-order valence-electron chi connectivity index (χ1n) is 5.15. The number of carbonyl (C=O) groups is 1. The molecule has 0 bridgehead atoms. The van der Waals surface area contributed by atoms with Crippen molar-refractivity contribution in [1.29, 1.82) is 0 Å². The second-order valence-electron chi connectivity index (χ2n) is 3.82. The van der Waals surface area contributed by atoms with Gasteiger partial charge in [0.15, 0.2) is 0 Å². The summed E-state index contributed by atoms with van der Waals surface area (Å²) in [6, 6.07) is 0. The number of amides is 1. The number of aromatic nitrogens is 2.